The first-order valence-electron chi connectivity index (χ1n) is 21.8. The first-order chi connectivity index (χ1) is 33.5. The fourth-order valence-corrected chi connectivity index (χ4v) is 7.88. The molecule has 0 atom stereocenters. The Labute approximate surface area is 390 Å². The Morgan fingerprint density at radius 1 is 0.565 bits per heavy atom. The van der Waals surface area contributed by atoms with Gasteiger partial charge in [-0.05, 0) is 48.5 Å². The van der Waals surface area contributed by atoms with Crippen LogP contribution < -0.4 is 16.0 Å². The summed E-state index contributed by atoms with van der Waals surface area (Å²) in [5, 5.41) is 2.71. The van der Waals surface area contributed by atoms with Gasteiger partial charge in [-0.3, -0.25) is 9.80 Å². The molecule has 2 saturated heterocycles. The topological polar surface area (TPSA) is 170 Å². The summed E-state index contributed by atoms with van der Waals surface area (Å²) in [7, 11) is 0. The van der Waals surface area contributed by atoms with Crippen molar-refractivity contribution in [2.24, 2.45) is 5.73 Å². The molecule has 10 rings (SSSR count). The number of carbonyl (C=O) groups excluding carboxylic acids is 1. The molecular weight excluding hydrogens is 909 g/mol. The van der Waals surface area contributed by atoms with Gasteiger partial charge in [-0.1, -0.05) is 36.4 Å². The van der Waals surface area contributed by atoms with E-state index in [4.69, 9.17) is 15.2 Å². The minimum Gasteiger partial charge on any atom is -0.379 e. The normalized spacial score (nSPS) is 14.5. The summed E-state index contributed by atoms with van der Waals surface area (Å²) in [5.74, 6) is -4.89. The smallest absolute Gasteiger partial charge is 0.325 e. The molecule has 8 aromatic rings. The molecule has 2 amide bonds. The number of rotatable bonds is 12. The highest BCUT2D eigenvalue weighted by Gasteiger charge is 2.29. The minimum atomic E-state index is -1.19. The number of primary amides is 1. The molecule has 2 aliphatic heterocycles. The van der Waals surface area contributed by atoms with Crippen LogP contribution in [0.15, 0.2) is 97.6 Å². The van der Waals surface area contributed by atoms with Gasteiger partial charge < -0.3 is 29.7 Å². The number of nitrogens with one attached hydrogen (secondary N) is 1. The van der Waals surface area contributed by atoms with Gasteiger partial charge in [0.05, 0.1) is 50.2 Å². The van der Waals surface area contributed by atoms with Crippen molar-refractivity contribution in [3.05, 3.63) is 132 Å². The van der Waals surface area contributed by atoms with Crippen molar-refractivity contribution in [1.29, 1.82) is 0 Å². The van der Waals surface area contributed by atoms with E-state index in [9.17, 15) is 31.1 Å². The molecule has 2 aliphatic rings. The van der Waals surface area contributed by atoms with Gasteiger partial charge in [-0.2, -0.15) is 0 Å². The Hall–Kier alpha value is -7.53. The van der Waals surface area contributed by atoms with E-state index in [1.54, 1.807) is 35.2 Å². The maximum Gasteiger partial charge on any atom is 0.325 e. The number of imidazole rings is 2. The van der Waals surface area contributed by atoms with E-state index in [0.717, 1.165) is 63.1 Å². The third kappa shape index (κ3) is 10.2. The first-order valence-corrected chi connectivity index (χ1v) is 21.8. The highest BCUT2D eigenvalue weighted by molar-refractivity contribution is 6.04. The monoisotopic (exact) mass is 951 g/mol. The molecule has 0 bridgehead atoms. The van der Waals surface area contributed by atoms with Gasteiger partial charge >= 0.3 is 6.03 Å². The molecule has 2 fully saturated rings. The van der Waals surface area contributed by atoms with E-state index in [0.29, 0.717) is 62.1 Å². The third-order valence-electron chi connectivity index (χ3n) is 11.5. The summed E-state index contributed by atoms with van der Waals surface area (Å²) in [6.07, 6.45) is 3.10. The minimum absolute atomic E-state index is 0.0417. The lowest BCUT2D eigenvalue weighted by molar-refractivity contribution is 0.0364. The SMILES string of the molecule is Fc1ccccc1-c1nc(Nc2c(F)cccc2F)c2ncn(CCN3CCOCC3)c2n1.NC(=O)N(c1c(F)cccc1F)c1nc(-c2ccccc2F)nc2c1ncn2CCN1CCOCC1. The number of nitrogens with two attached hydrogens (primary N) is 1. The van der Waals surface area contributed by atoms with E-state index in [-0.39, 0.29) is 51.3 Å². The lowest BCUT2D eigenvalue weighted by Crippen LogP contribution is -2.38. The number of benzene rings is 4. The van der Waals surface area contributed by atoms with Crippen molar-refractivity contribution in [1.82, 2.24) is 48.8 Å². The van der Waals surface area contributed by atoms with E-state index < -0.39 is 46.6 Å². The zero-order valence-corrected chi connectivity index (χ0v) is 36.7. The van der Waals surface area contributed by atoms with Crippen LogP contribution in [0.4, 0.5) is 54.1 Å². The van der Waals surface area contributed by atoms with Gasteiger partial charge in [0.1, 0.15) is 46.3 Å². The fraction of sp³-hybridized carbons (Fsp3) is 0.255. The summed E-state index contributed by atoms with van der Waals surface area (Å²) in [4.78, 5) is 44.1. The maximum absolute atomic E-state index is 14.7. The summed E-state index contributed by atoms with van der Waals surface area (Å²) < 4.78 is 102. The Morgan fingerprint density at radius 3 is 1.52 bits per heavy atom. The number of halogens is 6. The van der Waals surface area contributed by atoms with E-state index in [2.05, 4.69) is 45.0 Å². The molecule has 3 N–H and O–H groups in total. The second kappa shape index (κ2) is 20.8. The predicted molar refractivity (Wildman–Crippen MR) is 244 cm³/mol. The molecular formula is C47H43F6N13O3. The Morgan fingerprint density at radius 2 is 1.01 bits per heavy atom. The number of aromatic nitrogens is 8. The summed E-state index contributed by atoms with van der Waals surface area (Å²) >= 11 is 0. The number of nitrogens with zero attached hydrogens (tertiary/aromatic N) is 11. The number of hydrogen-bond donors (Lipinski definition) is 2. The van der Waals surface area contributed by atoms with E-state index >= 15 is 0 Å². The number of anilines is 4. The van der Waals surface area contributed by atoms with Crippen molar-refractivity contribution < 1.29 is 40.6 Å². The molecule has 16 nitrogen and oxygen atoms in total. The van der Waals surface area contributed by atoms with E-state index in [1.807, 2.05) is 4.57 Å². The van der Waals surface area contributed by atoms with Gasteiger partial charge in [-0.15, -0.1) is 0 Å². The van der Waals surface area contributed by atoms with E-state index in [1.165, 1.54) is 36.7 Å². The lowest BCUT2D eigenvalue weighted by Gasteiger charge is -2.26. The quantitative estimate of drug-likeness (QED) is 0.116. The van der Waals surface area contributed by atoms with Gasteiger partial charge in [0.2, 0.25) is 0 Å². The maximum atomic E-state index is 14.7. The Balaban J connectivity index is 0.000000172. The second-order valence-corrected chi connectivity index (χ2v) is 15.8. The van der Waals surface area contributed by atoms with Gasteiger partial charge in [0, 0.05) is 52.4 Å². The highest BCUT2D eigenvalue weighted by Crippen LogP contribution is 2.35. The number of amides is 2. The van der Waals surface area contributed by atoms with Gasteiger partial charge in [-0.25, -0.2) is 65.9 Å². The molecule has 4 aromatic carbocycles. The second-order valence-electron chi connectivity index (χ2n) is 15.8. The van der Waals surface area contributed by atoms with Crippen molar-refractivity contribution in [2.45, 2.75) is 13.1 Å². The standard InChI is InChI=1S/C24H22F3N7O2.C23H21F3N6O/c25-16-5-2-1-4-15(16)21-30-22-19(29-14-33(22)9-8-32-10-12-36-13-11-32)23(31-21)34(24(28)35)20-17(26)6-3-7-18(20)27;24-16-5-2-1-4-15(16)21-29-22(28-19-17(25)6-3-7-18(19)26)20-23(30-21)32(14-27-20)9-8-31-10-12-33-13-11-31/h1-7,14H,8-13H2,(H2,28,35);1-7,14H,8-13H2,(H,28,29,30). The Bertz CT molecular complexity index is 3080. The highest BCUT2D eigenvalue weighted by atomic mass is 19.2. The summed E-state index contributed by atoms with van der Waals surface area (Å²) in [5.41, 5.74) is 5.83. The number of hydrogen-bond acceptors (Lipinski definition) is 12. The molecule has 0 saturated carbocycles. The molecule has 356 valence electrons. The third-order valence-corrected chi connectivity index (χ3v) is 11.5. The fourth-order valence-electron chi connectivity index (χ4n) is 7.88. The van der Waals surface area contributed by atoms with Gasteiger partial charge in [0.15, 0.2) is 45.6 Å². The van der Waals surface area contributed by atoms with Crippen LogP contribution in [-0.4, -0.2) is 121 Å². The zero-order chi connectivity index (χ0) is 48.0. The first kappa shape index (κ1) is 46.6. The lowest BCUT2D eigenvalue weighted by atomic mass is 10.2. The Kier molecular flexibility index (Phi) is 14.0. The van der Waals surface area contributed by atoms with Crippen molar-refractivity contribution >= 4 is 51.4 Å². The number of para-hydroxylation sites is 2. The summed E-state index contributed by atoms with van der Waals surface area (Å²) in [6, 6.07) is 17.4. The average molecular weight is 952 g/mol. The number of carbonyl (C=O) groups is 1. The molecule has 0 spiro atoms. The largest absolute Gasteiger partial charge is 0.379 e. The van der Waals surface area contributed by atoms with Crippen LogP contribution in [0.3, 0.4) is 0 Å². The van der Waals surface area contributed by atoms with Crippen LogP contribution in [0.2, 0.25) is 0 Å². The number of urea groups is 1. The molecule has 22 heteroatoms. The molecule has 6 heterocycles. The molecule has 0 radical (unpaired) electrons. The van der Waals surface area contributed by atoms with Crippen LogP contribution in [0.5, 0.6) is 0 Å². The average Bonchev–Trinajstić information content (AvgIpc) is 3.97. The molecule has 0 unspecified atom stereocenters. The predicted octanol–water partition coefficient (Wildman–Crippen LogP) is 7.45. The van der Waals surface area contributed by atoms with Crippen molar-refractivity contribution in [3.8, 4) is 22.8 Å². The van der Waals surface area contributed by atoms with Crippen molar-refractivity contribution in [2.75, 3.05) is 75.9 Å². The van der Waals surface area contributed by atoms with Crippen molar-refractivity contribution in [3.63, 3.8) is 0 Å². The van der Waals surface area contributed by atoms with Crippen LogP contribution in [0.25, 0.3) is 45.1 Å². The zero-order valence-electron chi connectivity index (χ0n) is 36.7. The molecule has 69 heavy (non-hydrogen) atoms. The van der Waals surface area contributed by atoms with Crippen LogP contribution >= 0.6 is 0 Å². The molecule has 4 aromatic heterocycles. The number of morpholine rings is 2. The number of ether oxygens (including phenoxy) is 2. The number of fused-ring (bicyclic) bond motifs is 2. The van der Waals surface area contributed by atoms with Crippen LogP contribution in [0, 0.1) is 34.9 Å². The van der Waals surface area contributed by atoms with Crippen LogP contribution in [-0.2, 0) is 22.6 Å². The van der Waals surface area contributed by atoms with Crippen LogP contribution in [0.1, 0.15) is 0 Å². The summed E-state index contributed by atoms with van der Waals surface area (Å²) in [6.45, 7) is 8.31. The molecule has 0 aliphatic carbocycles. The van der Waals surface area contributed by atoms with Gasteiger partial charge in [0.25, 0.3) is 0 Å².